The Kier molecular flexibility index (Phi) is 5.54. The molecule has 6 rings (SSSR count). The van der Waals surface area contributed by atoms with Crippen LogP contribution < -0.4 is 0 Å². The first-order valence-corrected chi connectivity index (χ1v) is 12.0. The summed E-state index contributed by atoms with van der Waals surface area (Å²) in [5.74, 6) is 0.138. The molecular weight excluding hydrogens is 448 g/mol. The number of hydrogen-bond donors (Lipinski definition) is 1. The van der Waals surface area contributed by atoms with E-state index in [0.29, 0.717) is 17.2 Å². The summed E-state index contributed by atoms with van der Waals surface area (Å²) in [6.45, 7) is 2.09. The van der Waals surface area contributed by atoms with Crippen molar-refractivity contribution in [3.8, 4) is 0 Å². The van der Waals surface area contributed by atoms with Crippen LogP contribution in [0.15, 0.2) is 119 Å². The smallest absolute Gasteiger partial charge is 0.338 e. The molecule has 2 aliphatic heterocycles. The molecule has 176 valence electrons. The van der Waals surface area contributed by atoms with E-state index < -0.39 is 6.04 Å². The van der Waals surface area contributed by atoms with Crippen LogP contribution in [0.4, 0.5) is 0 Å². The minimum Gasteiger partial charge on any atom is -0.463 e. The lowest BCUT2D eigenvalue weighted by molar-refractivity contribution is -0.139. The number of allylic oxidation sites excluding steroid dienone is 1. The number of esters is 1. The second-order valence-corrected chi connectivity index (χ2v) is 8.56. The molecule has 0 saturated heterocycles. The number of aliphatic imine (C=N–C) groups is 2. The highest BCUT2D eigenvalue weighted by Crippen LogP contribution is 2.40. The van der Waals surface area contributed by atoms with Crippen LogP contribution in [0, 0.1) is 0 Å². The number of para-hydroxylation sites is 1. The highest BCUT2D eigenvalue weighted by Gasteiger charge is 2.38. The zero-order valence-corrected chi connectivity index (χ0v) is 19.8. The minimum atomic E-state index is -0.433. The van der Waals surface area contributed by atoms with Crippen LogP contribution in [0.1, 0.15) is 29.8 Å². The maximum Gasteiger partial charge on any atom is 0.338 e. The summed E-state index contributed by atoms with van der Waals surface area (Å²) >= 11 is 0. The maximum atomic E-state index is 13.4. The maximum absolute atomic E-state index is 13.4. The van der Waals surface area contributed by atoms with E-state index in [9.17, 15) is 4.79 Å². The van der Waals surface area contributed by atoms with Crippen LogP contribution in [0.5, 0.6) is 0 Å². The van der Waals surface area contributed by atoms with Crippen molar-refractivity contribution in [1.29, 1.82) is 0 Å². The Morgan fingerprint density at radius 1 is 0.944 bits per heavy atom. The van der Waals surface area contributed by atoms with Gasteiger partial charge in [-0.25, -0.2) is 14.8 Å². The SMILES string of the molecule is CCOC(=O)C1=C(c2ccccc2)N=C2N=C(c3cc4ccccc4[nH]3)C=CN2C1c1ccccc1. The lowest BCUT2D eigenvalue weighted by Gasteiger charge is -2.36. The van der Waals surface area contributed by atoms with Crippen molar-refractivity contribution in [3.05, 3.63) is 126 Å². The van der Waals surface area contributed by atoms with Gasteiger partial charge in [0.25, 0.3) is 0 Å². The van der Waals surface area contributed by atoms with E-state index in [4.69, 9.17) is 14.7 Å². The van der Waals surface area contributed by atoms with Gasteiger partial charge in [0.1, 0.15) is 0 Å². The fraction of sp³-hybridized carbons (Fsp3) is 0.100. The number of carbonyl (C=O) groups excluding carboxylic acids is 1. The van der Waals surface area contributed by atoms with E-state index in [1.54, 1.807) is 0 Å². The molecule has 6 nitrogen and oxygen atoms in total. The summed E-state index contributed by atoms with van der Waals surface area (Å²) in [5.41, 5.74) is 5.60. The average molecular weight is 473 g/mol. The fourth-order valence-corrected chi connectivity index (χ4v) is 4.69. The Morgan fingerprint density at radius 3 is 2.42 bits per heavy atom. The number of H-pyrrole nitrogens is 1. The molecule has 36 heavy (non-hydrogen) atoms. The number of benzene rings is 3. The van der Waals surface area contributed by atoms with Crippen molar-refractivity contribution in [3.63, 3.8) is 0 Å². The third-order valence-electron chi connectivity index (χ3n) is 6.33. The van der Waals surface area contributed by atoms with Crippen molar-refractivity contribution in [1.82, 2.24) is 9.88 Å². The molecule has 0 bridgehead atoms. The first-order valence-electron chi connectivity index (χ1n) is 12.0. The van der Waals surface area contributed by atoms with Gasteiger partial charge in [-0.3, -0.25) is 0 Å². The first kappa shape index (κ1) is 21.8. The van der Waals surface area contributed by atoms with E-state index in [0.717, 1.165) is 33.4 Å². The highest BCUT2D eigenvalue weighted by molar-refractivity contribution is 6.17. The molecule has 1 unspecified atom stereocenters. The van der Waals surface area contributed by atoms with Crippen LogP contribution in [0.25, 0.3) is 16.6 Å². The Balaban J connectivity index is 1.55. The van der Waals surface area contributed by atoms with Gasteiger partial charge in [0.15, 0.2) is 0 Å². The molecule has 1 N–H and O–H groups in total. The van der Waals surface area contributed by atoms with Crippen molar-refractivity contribution >= 4 is 34.2 Å². The number of guanidine groups is 1. The van der Waals surface area contributed by atoms with Gasteiger partial charge in [-0.2, -0.15) is 0 Å². The molecule has 6 heteroatoms. The van der Waals surface area contributed by atoms with Gasteiger partial charge in [-0.1, -0.05) is 78.9 Å². The molecule has 0 aliphatic carbocycles. The van der Waals surface area contributed by atoms with Gasteiger partial charge in [0.2, 0.25) is 5.96 Å². The molecule has 3 heterocycles. The lowest BCUT2D eigenvalue weighted by atomic mass is 9.91. The number of aromatic nitrogens is 1. The summed E-state index contributed by atoms with van der Waals surface area (Å²) in [6.07, 6.45) is 3.90. The van der Waals surface area contributed by atoms with E-state index in [1.807, 2.05) is 103 Å². The summed E-state index contributed by atoms with van der Waals surface area (Å²) in [6, 6.07) is 29.5. The molecule has 0 spiro atoms. The van der Waals surface area contributed by atoms with Gasteiger partial charge in [-0.05, 0) is 30.7 Å². The Hall–Kier alpha value is -4.71. The predicted octanol–water partition coefficient (Wildman–Crippen LogP) is 5.87. The zero-order chi connectivity index (χ0) is 24.5. The quantitative estimate of drug-likeness (QED) is 0.369. The first-order chi connectivity index (χ1) is 17.7. The summed E-state index contributed by atoms with van der Waals surface area (Å²) in [7, 11) is 0. The summed E-state index contributed by atoms with van der Waals surface area (Å²) < 4.78 is 5.53. The third kappa shape index (κ3) is 3.82. The second-order valence-electron chi connectivity index (χ2n) is 8.56. The van der Waals surface area contributed by atoms with Crippen LogP contribution >= 0.6 is 0 Å². The predicted molar refractivity (Wildman–Crippen MR) is 142 cm³/mol. The molecule has 0 fully saturated rings. The molecule has 0 amide bonds. The van der Waals surface area contributed by atoms with Gasteiger partial charge in [0, 0.05) is 22.7 Å². The zero-order valence-electron chi connectivity index (χ0n) is 19.8. The normalized spacial score (nSPS) is 17.0. The van der Waals surface area contributed by atoms with Crippen molar-refractivity contribution in [2.24, 2.45) is 9.98 Å². The Bertz CT molecular complexity index is 1530. The van der Waals surface area contributed by atoms with Gasteiger partial charge < -0.3 is 14.6 Å². The minimum absolute atomic E-state index is 0.279. The van der Waals surface area contributed by atoms with Crippen LogP contribution in [0.3, 0.4) is 0 Å². The van der Waals surface area contributed by atoms with Crippen LogP contribution in [0.2, 0.25) is 0 Å². The monoisotopic (exact) mass is 472 g/mol. The van der Waals surface area contributed by atoms with E-state index in [-0.39, 0.29) is 12.6 Å². The fourth-order valence-electron chi connectivity index (χ4n) is 4.69. The van der Waals surface area contributed by atoms with Crippen molar-refractivity contribution in [2.75, 3.05) is 6.61 Å². The Morgan fingerprint density at radius 2 is 1.67 bits per heavy atom. The third-order valence-corrected chi connectivity index (χ3v) is 6.33. The Labute approximate surface area is 209 Å². The van der Waals surface area contributed by atoms with Gasteiger partial charge in [-0.15, -0.1) is 0 Å². The lowest BCUT2D eigenvalue weighted by Crippen LogP contribution is -2.38. The number of nitrogens with one attached hydrogen (secondary N) is 1. The number of rotatable bonds is 5. The van der Waals surface area contributed by atoms with E-state index in [1.165, 1.54) is 0 Å². The molecule has 3 aromatic carbocycles. The molecular formula is C30H24N4O2. The largest absolute Gasteiger partial charge is 0.463 e. The summed E-state index contributed by atoms with van der Waals surface area (Å²) in [5, 5.41) is 1.12. The molecule has 0 saturated carbocycles. The molecule has 4 aromatic rings. The number of ether oxygens (including phenoxy) is 1. The highest BCUT2D eigenvalue weighted by atomic mass is 16.5. The number of carbonyl (C=O) groups is 1. The number of hydrogen-bond acceptors (Lipinski definition) is 5. The summed E-state index contributed by atoms with van der Waals surface area (Å²) in [4.78, 5) is 28.7. The molecule has 0 radical (unpaired) electrons. The second kappa shape index (κ2) is 9.15. The van der Waals surface area contributed by atoms with Crippen molar-refractivity contribution < 1.29 is 9.53 Å². The number of aromatic amines is 1. The topological polar surface area (TPSA) is 70.0 Å². The van der Waals surface area contributed by atoms with Gasteiger partial charge >= 0.3 is 5.97 Å². The van der Waals surface area contributed by atoms with Crippen LogP contribution in [-0.2, 0) is 9.53 Å². The number of fused-ring (bicyclic) bond motifs is 2. The van der Waals surface area contributed by atoms with E-state index >= 15 is 0 Å². The standard InChI is InChI=1S/C30H24N4O2/c1-2-36-29(35)26-27(20-11-5-3-6-12-20)33-30-32-24(25-19-22-15-9-10-16-23(22)31-25)17-18-34(30)28(26)21-13-7-4-8-14-21/h3-19,28,31H,2H2,1H3. The molecule has 1 atom stereocenters. The van der Waals surface area contributed by atoms with Crippen LogP contribution in [-0.4, -0.2) is 34.1 Å². The average Bonchev–Trinajstić information content (AvgIpc) is 3.37. The van der Waals surface area contributed by atoms with Crippen molar-refractivity contribution in [2.45, 2.75) is 13.0 Å². The number of nitrogens with zero attached hydrogens (tertiary/aromatic N) is 3. The molecule has 2 aliphatic rings. The molecule has 1 aromatic heterocycles. The van der Waals surface area contributed by atoms with E-state index in [2.05, 4.69) is 17.1 Å². The van der Waals surface area contributed by atoms with Gasteiger partial charge in [0.05, 0.1) is 35.3 Å².